The van der Waals surface area contributed by atoms with Crippen LogP contribution in [0.15, 0.2) is 78.9 Å². The molecule has 0 aromatic heterocycles. The van der Waals surface area contributed by atoms with Crippen LogP contribution in [0.1, 0.15) is 42.9 Å². The topological polar surface area (TPSA) is 86.8 Å². The lowest BCUT2D eigenvalue weighted by molar-refractivity contribution is -0.141. The van der Waals surface area contributed by atoms with Gasteiger partial charge < -0.3 is 10.2 Å². The molecule has 3 aromatic rings. The van der Waals surface area contributed by atoms with Gasteiger partial charge in [-0.05, 0) is 60.7 Å². The molecule has 3 aromatic carbocycles. The summed E-state index contributed by atoms with van der Waals surface area (Å²) in [5.41, 5.74) is 3.42. The lowest BCUT2D eigenvalue weighted by atomic mass is 10.0. The number of amides is 2. The number of benzene rings is 3. The zero-order valence-electron chi connectivity index (χ0n) is 23.3. The highest BCUT2D eigenvalue weighted by molar-refractivity contribution is 7.92. The maximum absolute atomic E-state index is 13.8. The smallest absolute Gasteiger partial charge is 0.243 e. The van der Waals surface area contributed by atoms with Crippen molar-refractivity contribution in [1.29, 1.82) is 0 Å². The van der Waals surface area contributed by atoms with Crippen LogP contribution in [-0.2, 0) is 32.6 Å². The highest BCUT2D eigenvalue weighted by Gasteiger charge is 2.30. The molecule has 9 heteroatoms. The summed E-state index contributed by atoms with van der Waals surface area (Å²) in [5, 5.41) is 3.48. The fraction of sp³-hybridized carbons (Fsp3) is 0.355. The largest absolute Gasteiger partial charge is 0.354 e. The molecule has 0 fully saturated rings. The molecule has 2 amide bonds. The third-order valence-corrected chi connectivity index (χ3v) is 8.14. The summed E-state index contributed by atoms with van der Waals surface area (Å²) in [7, 11) is -3.58. The average Bonchev–Trinajstić information content (AvgIpc) is 2.93. The van der Waals surface area contributed by atoms with E-state index in [1.54, 1.807) is 29.2 Å². The summed E-state index contributed by atoms with van der Waals surface area (Å²) in [5.74, 6) is -0.410. The molecule has 0 unspecified atom stereocenters. The lowest BCUT2D eigenvalue weighted by Crippen LogP contribution is -2.50. The summed E-state index contributed by atoms with van der Waals surface area (Å²) in [6.45, 7) is 4.88. The number of hydrogen-bond donors (Lipinski definition) is 1. The Hall–Kier alpha value is -3.36. The number of carbonyl (C=O) groups is 2. The van der Waals surface area contributed by atoms with Crippen molar-refractivity contribution in [2.24, 2.45) is 0 Å². The summed E-state index contributed by atoms with van der Waals surface area (Å²) in [6.07, 6.45) is 2.66. The molecule has 1 N–H and O–H groups in total. The van der Waals surface area contributed by atoms with E-state index in [1.807, 2.05) is 68.4 Å². The Morgan fingerprint density at radius 2 is 1.60 bits per heavy atom. The minimum atomic E-state index is -3.58. The number of aryl methyl sites for hydroxylation is 1. The second kappa shape index (κ2) is 14.9. The first-order valence-electron chi connectivity index (χ1n) is 13.5. The van der Waals surface area contributed by atoms with Crippen molar-refractivity contribution in [3.8, 4) is 0 Å². The summed E-state index contributed by atoms with van der Waals surface area (Å²) < 4.78 is 26.4. The molecule has 0 bridgehead atoms. The number of nitrogens with zero attached hydrogens (tertiary/aromatic N) is 2. The summed E-state index contributed by atoms with van der Waals surface area (Å²) >= 11 is 5.98. The van der Waals surface area contributed by atoms with E-state index < -0.39 is 16.1 Å². The number of nitrogens with one attached hydrogen (secondary N) is 1. The van der Waals surface area contributed by atoms with E-state index in [9.17, 15) is 18.0 Å². The third kappa shape index (κ3) is 9.10. The average molecular weight is 584 g/mol. The minimum Gasteiger partial charge on any atom is -0.354 e. The standard InChI is InChI=1S/C31H38ClN3O4S/c1-4-20-33-31(37)29(22-25-12-6-5-7-13-25)34(23-26-14-9-8-11-24(26)2)30(36)15-10-21-35(40(3,38)39)28-18-16-27(32)17-19-28/h5-9,11-14,16-19,29H,4,10,15,20-23H2,1-3H3,(H,33,37)/t29-/m1/s1. The van der Waals surface area contributed by atoms with Crippen LogP contribution in [-0.4, -0.2) is 50.5 Å². The van der Waals surface area contributed by atoms with Gasteiger partial charge in [-0.2, -0.15) is 0 Å². The summed E-state index contributed by atoms with van der Waals surface area (Å²) in [6, 6.07) is 23.3. The number of carbonyl (C=O) groups excluding carboxylic acids is 2. The number of rotatable bonds is 14. The Kier molecular flexibility index (Phi) is 11.6. The van der Waals surface area contributed by atoms with Crippen LogP contribution in [0.3, 0.4) is 0 Å². The molecule has 0 radical (unpaired) electrons. The monoisotopic (exact) mass is 583 g/mol. The molecule has 0 aliphatic carbocycles. The zero-order chi connectivity index (χ0) is 29.1. The van der Waals surface area contributed by atoms with Crippen LogP contribution in [0.5, 0.6) is 0 Å². The van der Waals surface area contributed by atoms with Gasteiger partial charge in [-0.15, -0.1) is 0 Å². The van der Waals surface area contributed by atoms with Crippen molar-refractivity contribution in [3.05, 3.63) is 101 Å². The normalized spacial score (nSPS) is 12.0. The predicted octanol–water partition coefficient (Wildman–Crippen LogP) is 5.36. The maximum atomic E-state index is 13.8. The minimum absolute atomic E-state index is 0.0812. The fourth-order valence-corrected chi connectivity index (χ4v) is 5.59. The second-order valence-corrected chi connectivity index (χ2v) is 12.2. The van der Waals surface area contributed by atoms with Gasteiger partial charge in [-0.1, -0.05) is 73.1 Å². The lowest BCUT2D eigenvalue weighted by Gasteiger charge is -2.32. The van der Waals surface area contributed by atoms with E-state index in [0.717, 1.165) is 29.4 Å². The fourth-order valence-electron chi connectivity index (χ4n) is 4.50. The van der Waals surface area contributed by atoms with Crippen LogP contribution in [0.4, 0.5) is 5.69 Å². The zero-order valence-corrected chi connectivity index (χ0v) is 24.9. The molecule has 1 atom stereocenters. The Morgan fingerprint density at radius 3 is 2.23 bits per heavy atom. The highest BCUT2D eigenvalue weighted by Crippen LogP contribution is 2.22. The molecule has 0 aliphatic heterocycles. The SMILES string of the molecule is CCCNC(=O)[C@@H](Cc1ccccc1)N(Cc1ccccc1C)C(=O)CCCN(c1ccc(Cl)cc1)S(C)(=O)=O. The van der Waals surface area contributed by atoms with Gasteiger partial charge in [0.25, 0.3) is 0 Å². The Labute approximate surface area is 243 Å². The first-order valence-corrected chi connectivity index (χ1v) is 15.7. The number of anilines is 1. The Balaban J connectivity index is 1.87. The van der Waals surface area contributed by atoms with Crippen molar-refractivity contribution in [3.63, 3.8) is 0 Å². The van der Waals surface area contributed by atoms with Crippen LogP contribution in [0, 0.1) is 6.92 Å². The van der Waals surface area contributed by atoms with Crippen molar-refractivity contribution in [1.82, 2.24) is 10.2 Å². The molecule has 0 saturated heterocycles. The van der Waals surface area contributed by atoms with E-state index in [0.29, 0.717) is 23.7 Å². The van der Waals surface area contributed by atoms with Crippen LogP contribution >= 0.6 is 11.6 Å². The quantitative estimate of drug-likeness (QED) is 0.277. The second-order valence-electron chi connectivity index (χ2n) is 9.86. The van der Waals surface area contributed by atoms with Gasteiger partial charge in [0, 0.05) is 37.5 Å². The molecule has 0 heterocycles. The van der Waals surface area contributed by atoms with E-state index in [1.165, 1.54) is 4.31 Å². The van der Waals surface area contributed by atoms with Gasteiger partial charge in [0.15, 0.2) is 0 Å². The van der Waals surface area contributed by atoms with E-state index >= 15 is 0 Å². The number of sulfonamides is 1. The van der Waals surface area contributed by atoms with Crippen molar-refractivity contribution >= 4 is 39.1 Å². The Bertz CT molecular complexity index is 1360. The van der Waals surface area contributed by atoms with E-state index in [4.69, 9.17) is 11.6 Å². The molecule has 3 rings (SSSR count). The van der Waals surface area contributed by atoms with Crippen molar-refractivity contribution in [2.45, 2.75) is 52.1 Å². The van der Waals surface area contributed by atoms with E-state index in [2.05, 4.69) is 5.32 Å². The molecule has 0 spiro atoms. The number of halogens is 1. The van der Waals surface area contributed by atoms with E-state index in [-0.39, 0.29) is 37.7 Å². The van der Waals surface area contributed by atoms with Gasteiger partial charge in [0.05, 0.1) is 11.9 Å². The van der Waals surface area contributed by atoms with Gasteiger partial charge in [-0.3, -0.25) is 13.9 Å². The van der Waals surface area contributed by atoms with Gasteiger partial charge >= 0.3 is 0 Å². The first-order chi connectivity index (χ1) is 19.1. The Morgan fingerprint density at radius 1 is 0.950 bits per heavy atom. The molecule has 0 saturated carbocycles. The molecule has 214 valence electrons. The molecule has 0 aliphatic rings. The van der Waals surface area contributed by atoms with Gasteiger partial charge in [-0.25, -0.2) is 8.42 Å². The summed E-state index contributed by atoms with van der Waals surface area (Å²) in [4.78, 5) is 28.9. The van der Waals surface area contributed by atoms with Crippen molar-refractivity contribution < 1.29 is 18.0 Å². The highest BCUT2D eigenvalue weighted by atomic mass is 35.5. The molecule has 7 nitrogen and oxygen atoms in total. The maximum Gasteiger partial charge on any atom is 0.243 e. The van der Waals surface area contributed by atoms with Crippen LogP contribution in [0.2, 0.25) is 5.02 Å². The van der Waals surface area contributed by atoms with Gasteiger partial charge in [0.1, 0.15) is 6.04 Å². The number of hydrogen-bond acceptors (Lipinski definition) is 4. The molecule has 40 heavy (non-hydrogen) atoms. The van der Waals surface area contributed by atoms with Crippen molar-refractivity contribution in [2.75, 3.05) is 23.7 Å². The van der Waals surface area contributed by atoms with Crippen LogP contribution < -0.4 is 9.62 Å². The van der Waals surface area contributed by atoms with Gasteiger partial charge in [0.2, 0.25) is 21.8 Å². The third-order valence-electron chi connectivity index (χ3n) is 6.69. The predicted molar refractivity (Wildman–Crippen MR) is 162 cm³/mol. The molecular weight excluding hydrogens is 546 g/mol. The van der Waals surface area contributed by atoms with Crippen LogP contribution in [0.25, 0.3) is 0 Å². The first kappa shape index (κ1) is 31.2. The molecular formula is C31H38ClN3O4S.